The van der Waals surface area contributed by atoms with Crippen molar-refractivity contribution < 1.29 is 4.79 Å². The van der Waals surface area contributed by atoms with Crippen LogP contribution < -0.4 is 16.2 Å². The maximum atomic E-state index is 12.4. The Bertz CT molecular complexity index is 790. The first-order valence-corrected chi connectivity index (χ1v) is 8.01. The minimum Gasteiger partial charge on any atom is -0.351 e. The number of nitrogens with zero attached hydrogens (tertiary/aromatic N) is 2. The summed E-state index contributed by atoms with van der Waals surface area (Å²) in [6, 6.07) is 7.45. The van der Waals surface area contributed by atoms with E-state index in [1.807, 2.05) is 18.2 Å². The Hall–Kier alpha value is -1.92. The molecular weight excluding hydrogens is 328 g/mol. The molecule has 1 aromatic carbocycles. The second-order valence-corrected chi connectivity index (χ2v) is 6.24. The normalized spacial score (nSPS) is 20.4. The fourth-order valence-electron chi connectivity index (χ4n) is 3.10. The van der Waals surface area contributed by atoms with Crippen LogP contribution >= 0.6 is 12.4 Å². The highest BCUT2D eigenvalue weighted by Crippen LogP contribution is 2.15. The number of hydrogen-bond donors (Lipinski definition) is 2. The fraction of sp³-hybridized carbons (Fsp3) is 0.471. The number of aryl methyl sites for hydroxylation is 1. The highest BCUT2D eigenvalue weighted by molar-refractivity contribution is 5.88. The molecular formula is C17H23ClN4O2. The molecule has 1 aromatic heterocycles. The number of carbonyl (C=O) groups is 1. The van der Waals surface area contributed by atoms with Crippen molar-refractivity contribution in [2.24, 2.45) is 13.0 Å². The van der Waals surface area contributed by atoms with Gasteiger partial charge < -0.3 is 10.6 Å². The summed E-state index contributed by atoms with van der Waals surface area (Å²) in [7, 11) is 1.61. The monoisotopic (exact) mass is 350 g/mol. The topological polar surface area (TPSA) is 76.0 Å². The van der Waals surface area contributed by atoms with Gasteiger partial charge in [-0.2, -0.15) is 5.10 Å². The zero-order chi connectivity index (χ0) is 16.4. The second kappa shape index (κ2) is 7.77. The zero-order valence-electron chi connectivity index (χ0n) is 13.9. The van der Waals surface area contributed by atoms with Crippen molar-refractivity contribution in [2.45, 2.75) is 25.8 Å². The van der Waals surface area contributed by atoms with Crippen LogP contribution in [0.1, 0.15) is 19.0 Å². The lowest BCUT2D eigenvalue weighted by Crippen LogP contribution is -2.50. The van der Waals surface area contributed by atoms with Gasteiger partial charge in [-0.3, -0.25) is 9.59 Å². The van der Waals surface area contributed by atoms with E-state index in [1.54, 1.807) is 13.1 Å². The largest absolute Gasteiger partial charge is 0.351 e. The summed E-state index contributed by atoms with van der Waals surface area (Å²) >= 11 is 0. The van der Waals surface area contributed by atoms with Crippen molar-refractivity contribution in [1.29, 1.82) is 0 Å². The third kappa shape index (κ3) is 3.76. The summed E-state index contributed by atoms with van der Waals surface area (Å²) in [5.41, 5.74) is 0.492. The lowest BCUT2D eigenvalue weighted by molar-refractivity contribution is -0.121. The van der Waals surface area contributed by atoms with E-state index in [2.05, 4.69) is 22.7 Å². The van der Waals surface area contributed by atoms with Gasteiger partial charge in [0, 0.05) is 25.0 Å². The average Bonchev–Trinajstić information content (AvgIpc) is 2.54. The lowest BCUT2D eigenvalue weighted by atomic mass is 9.94. The Morgan fingerprint density at radius 3 is 2.79 bits per heavy atom. The molecule has 0 radical (unpaired) electrons. The van der Waals surface area contributed by atoms with E-state index in [1.165, 1.54) is 4.68 Å². The molecule has 6 nitrogen and oxygen atoms in total. The molecule has 0 aliphatic carbocycles. The Kier molecular flexibility index (Phi) is 5.96. The van der Waals surface area contributed by atoms with Crippen LogP contribution in [0.3, 0.4) is 0 Å². The molecule has 1 aliphatic rings. The lowest BCUT2D eigenvalue weighted by Gasteiger charge is -2.30. The molecule has 2 aromatic rings. The molecule has 130 valence electrons. The molecule has 1 amide bonds. The number of hydrogen-bond acceptors (Lipinski definition) is 4. The molecule has 2 heterocycles. The van der Waals surface area contributed by atoms with Crippen LogP contribution in [0.5, 0.6) is 0 Å². The van der Waals surface area contributed by atoms with E-state index in [-0.39, 0.29) is 36.3 Å². The number of amides is 1. The molecule has 1 aliphatic heterocycles. The molecule has 0 saturated carbocycles. The number of aromatic nitrogens is 2. The Morgan fingerprint density at radius 1 is 1.38 bits per heavy atom. The van der Waals surface area contributed by atoms with Gasteiger partial charge >= 0.3 is 0 Å². The van der Waals surface area contributed by atoms with Crippen molar-refractivity contribution in [2.75, 3.05) is 13.1 Å². The van der Waals surface area contributed by atoms with Gasteiger partial charge in [-0.05, 0) is 24.9 Å². The summed E-state index contributed by atoms with van der Waals surface area (Å²) in [5, 5.41) is 12.0. The number of piperidine rings is 1. The van der Waals surface area contributed by atoms with Crippen LogP contribution in [0.15, 0.2) is 29.1 Å². The molecule has 3 rings (SSSR count). The fourth-order valence-corrected chi connectivity index (χ4v) is 3.10. The molecule has 2 atom stereocenters. The molecule has 7 heteroatoms. The first-order valence-electron chi connectivity index (χ1n) is 8.01. The van der Waals surface area contributed by atoms with E-state index in [0.717, 1.165) is 24.9 Å². The summed E-state index contributed by atoms with van der Waals surface area (Å²) in [5.74, 6) is 0.409. The van der Waals surface area contributed by atoms with Crippen molar-refractivity contribution in [3.05, 3.63) is 40.3 Å². The second-order valence-electron chi connectivity index (χ2n) is 6.24. The van der Waals surface area contributed by atoms with Crippen molar-refractivity contribution in [1.82, 2.24) is 20.4 Å². The minimum absolute atomic E-state index is 0. The van der Waals surface area contributed by atoms with Gasteiger partial charge in [-0.15, -0.1) is 12.4 Å². The van der Waals surface area contributed by atoms with E-state index in [9.17, 15) is 9.59 Å². The van der Waals surface area contributed by atoms with Crippen molar-refractivity contribution in [3.8, 4) is 0 Å². The maximum Gasteiger partial charge on any atom is 0.274 e. The smallest absolute Gasteiger partial charge is 0.274 e. The molecule has 0 spiro atoms. The quantitative estimate of drug-likeness (QED) is 0.866. The van der Waals surface area contributed by atoms with E-state index >= 15 is 0 Å². The van der Waals surface area contributed by atoms with Gasteiger partial charge in [0.05, 0.1) is 17.5 Å². The first-order chi connectivity index (χ1) is 11.1. The third-order valence-corrected chi connectivity index (χ3v) is 4.53. The zero-order valence-corrected chi connectivity index (χ0v) is 14.7. The number of carbonyl (C=O) groups excluding carboxylic acids is 1. The van der Waals surface area contributed by atoms with Gasteiger partial charge in [-0.1, -0.05) is 25.1 Å². The number of nitrogens with one attached hydrogen (secondary N) is 2. The van der Waals surface area contributed by atoms with Crippen LogP contribution in [0, 0.1) is 5.92 Å². The molecule has 1 fully saturated rings. The predicted octanol–water partition coefficient (Wildman–Crippen LogP) is 1.01. The number of fused-ring (bicyclic) bond motifs is 1. The molecule has 2 N–H and O–H groups in total. The molecule has 24 heavy (non-hydrogen) atoms. The van der Waals surface area contributed by atoms with E-state index < -0.39 is 0 Å². The molecule has 0 bridgehead atoms. The summed E-state index contributed by atoms with van der Waals surface area (Å²) < 4.78 is 1.30. The summed E-state index contributed by atoms with van der Waals surface area (Å²) in [4.78, 5) is 24.5. The van der Waals surface area contributed by atoms with Gasteiger partial charge in [0.1, 0.15) is 0 Å². The Balaban J connectivity index is 0.00000208. The van der Waals surface area contributed by atoms with Crippen molar-refractivity contribution >= 4 is 29.1 Å². The summed E-state index contributed by atoms with van der Waals surface area (Å²) in [6.07, 6.45) is 1.24. The Morgan fingerprint density at radius 2 is 2.08 bits per heavy atom. The number of benzene rings is 1. The predicted molar refractivity (Wildman–Crippen MR) is 96.5 cm³/mol. The highest BCUT2D eigenvalue weighted by atomic mass is 35.5. The first kappa shape index (κ1) is 18.4. The standard InChI is InChI=1S/C17H22N4O2.ClH/c1-11-7-8-18-10-15(11)19-16(22)9-14-12-5-3-4-6-13(12)17(23)21(2)20-14;/h3-6,11,15,18H,7-10H2,1-2H3,(H,19,22);1H. The van der Waals surface area contributed by atoms with Crippen LogP contribution in [-0.4, -0.2) is 34.8 Å². The third-order valence-electron chi connectivity index (χ3n) is 4.53. The molecule has 2 unspecified atom stereocenters. The van der Waals surface area contributed by atoms with Gasteiger partial charge in [0.25, 0.3) is 5.56 Å². The highest BCUT2D eigenvalue weighted by Gasteiger charge is 2.23. The van der Waals surface area contributed by atoms with Gasteiger partial charge in [-0.25, -0.2) is 4.68 Å². The SMILES string of the molecule is CC1CCNCC1NC(=O)Cc1nn(C)c(=O)c2ccccc12.Cl. The Labute approximate surface area is 147 Å². The number of halogens is 1. The summed E-state index contributed by atoms with van der Waals surface area (Å²) in [6.45, 7) is 3.96. The van der Waals surface area contributed by atoms with Crippen LogP contribution in [0.25, 0.3) is 10.8 Å². The van der Waals surface area contributed by atoms with E-state index in [0.29, 0.717) is 17.0 Å². The maximum absolute atomic E-state index is 12.4. The average molecular weight is 351 g/mol. The van der Waals surface area contributed by atoms with E-state index in [4.69, 9.17) is 0 Å². The minimum atomic E-state index is -0.144. The molecule has 1 saturated heterocycles. The van der Waals surface area contributed by atoms with Gasteiger partial charge in [0.15, 0.2) is 0 Å². The van der Waals surface area contributed by atoms with Crippen molar-refractivity contribution in [3.63, 3.8) is 0 Å². The van der Waals surface area contributed by atoms with Crippen LogP contribution in [0.4, 0.5) is 0 Å². The van der Waals surface area contributed by atoms with Crippen LogP contribution in [0.2, 0.25) is 0 Å². The van der Waals surface area contributed by atoms with Gasteiger partial charge in [0.2, 0.25) is 5.91 Å². The number of rotatable bonds is 3. The van der Waals surface area contributed by atoms with Crippen LogP contribution in [-0.2, 0) is 18.3 Å².